The van der Waals surface area contributed by atoms with E-state index in [2.05, 4.69) is 5.48 Å². The number of para-hydroxylation sites is 1. The molecule has 4 nitrogen and oxygen atoms in total. The second-order valence-electron chi connectivity index (χ2n) is 2.91. The zero-order valence-corrected chi connectivity index (χ0v) is 8.12. The number of hydrogen-bond donors (Lipinski definition) is 2. The van der Waals surface area contributed by atoms with Gasteiger partial charge in [-0.25, -0.2) is 0 Å². The molecule has 0 aromatic heterocycles. The molecule has 0 aliphatic heterocycles. The Bertz CT molecular complexity index is 313. The second kappa shape index (κ2) is 5.24. The van der Waals surface area contributed by atoms with Crippen molar-refractivity contribution in [2.75, 3.05) is 6.54 Å². The van der Waals surface area contributed by atoms with E-state index in [9.17, 15) is 4.79 Å². The molecule has 3 N–H and O–H groups in total. The second-order valence-corrected chi connectivity index (χ2v) is 2.91. The number of nitrogens with two attached hydrogens (primary N) is 1. The molecule has 0 fully saturated rings. The smallest absolute Gasteiger partial charge is 0.249 e. The van der Waals surface area contributed by atoms with Gasteiger partial charge in [0.2, 0.25) is 5.91 Å². The lowest BCUT2D eigenvalue weighted by atomic mass is 10.1. The zero-order valence-electron chi connectivity index (χ0n) is 8.12. The maximum absolute atomic E-state index is 10.6. The number of rotatable bonds is 4. The standard InChI is InChI=1S/C10H14N2O2/c1-8(13)12-14-10-5-3-2-4-9(10)6-7-11/h2-5H,6-7,11H2,1H3,(H,12,13). The van der Waals surface area contributed by atoms with Gasteiger partial charge in [-0.15, -0.1) is 0 Å². The van der Waals surface area contributed by atoms with E-state index in [0.717, 1.165) is 12.0 Å². The molecule has 0 radical (unpaired) electrons. The molecular weight excluding hydrogens is 180 g/mol. The summed E-state index contributed by atoms with van der Waals surface area (Å²) in [5.74, 6) is 0.417. The molecule has 1 amide bonds. The van der Waals surface area contributed by atoms with E-state index in [1.54, 1.807) is 6.07 Å². The van der Waals surface area contributed by atoms with E-state index in [4.69, 9.17) is 10.6 Å². The lowest BCUT2D eigenvalue weighted by Gasteiger charge is -2.09. The van der Waals surface area contributed by atoms with Gasteiger partial charge in [-0.3, -0.25) is 4.79 Å². The Morgan fingerprint density at radius 2 is 2.21 bits per heavy atom. The first-order valence-corrected chi connectivity index (χ1v) is 4.45. The molecule has 1 aromatic rings. The van der Waals surface area contributed by atoms with Gasteiger partial charge < -0.3 is 10.6 Å². The summed E-state index contributed by atoms with van der Waals surface area (Å²) < 4.78 is 0. The average Bonchev–Trinajstić information content (AvgIpc) is 2.17. The Kier molecular flexibility index (Phi) is 3.94. The van der Waals surface area contributed by atoms with Crippen LogP contribution in [-0.2, 0) is 11.2 Å². The molecule has 0 saturated carbocycles. The van der Waals surface area contributed by atoms with Crippen molar-refractivity contribution in [2.45, 2.75) is 13.3 Å². The highest BCUT2D eigenvalue weighted by Crippen LogP contribution is 2.16. The Morgan fingerprint density at radius 1 is 1.50 bits per heavy atom. The van der Waals surface area contributed by atoms with Crippen molar-refractivity contribution < 1.29 is 9.63 Å². The molecule has 0 aliphatic carbocycles. The summed E-state index contributed by atoms with van der Waals surface area (Å²) in [4.78, 5) is 15.7. The summed E-state index contributed by atoms with van der Waals surface area (Å²) in [6.45, 7) is 1.95. The van der Waals surface area contributed by atoms with Crippen LogP contribution < -0.4 is 16.1 Å². The number of benzene rings is 1. The molecule has 1 rings (SSSR count). The summed E-state index contributed by atoms with van der Waals surface area (Å²) in [7, 11) is 0. The number of nitrogens with one attached hydrogen (secondary N) is 1. The van der Waals surface area contributed by atoms with E-state index in [-0.39, 0.29) is 5.91 Å². The minimum Gasteiger partial charge on any atom is -0.379 e. The van der Waals surface area contributed by atoms with Crippen molar-refractivity contribution in [3.63, 3.8) is 0 Å². The van der Waals surface area contributed by atoms with Crippen molar-refractivity contribution in [3.05, 3.63) is 29.8 Å². The fourth-order valence-electron chi connectivity index (χ4n) is 1.09. The summed E-state index contributed by atoms with van der Waals surface area (Å²) in [5.41, 5.74) is 8.71. The van der Waals surface area contributed by atoms with E-state index >= 15 is 0 Å². The molecule has 0 unspecified atom stereocenters. The number of hydrogen-bond acceptors (Lipinski definition) is 3. The Hall–Kier alpha value is -1.55. The first-order valence-electron chi connectivity index (χ1n) is 4.45. The third-order valence-corrected chi connectivity index (χ3v) is 1.69. The van der Waals surface area contributed by atoms with Crippen LogP contribution >= 0.6 is 0 Å². The van der Waals surface area contributed by atoms with Gasteiger partial charge in [0, 0.05) is 6.92 Å². The molecule has 0 bridgehead atoms. The van der Waals surface area contributed by atoms with Crippen LogP contribution in [0.4, 0.5) is 0 Å². The maximum Gasteiger partial charge on any atom is 0.249 e. The van der Waals surface area contributed by atoms with E-state index in [1.807, 2.05) is 18.2 Å². The summed E-state index contributed by atoms with van der Waals surface area (Å²) >= 11 is 0. The van der Waals surface area contributed by atoms with Crippen LogP contribution in [-0.4, -0.2) is 12.5 Å². The number of carbonyl (C=O) groups excluding carboxylic acids is 1. The van der Waals surface area contributed by atoms with Gasteiger partial charge in [-0.1, -0.05) is 18.2 Å². The molecule has 0 saturated heterocycles. The molecule has 0 heterocycles. The fraction of sp³-hybridized carbons (Fsp3) is 0.300. The predicted molar refractivity (Wildman–Crippen MR) is 53.6 cm³/mol. The van der Waals surface area contributed by atoms with Crippen molar-refractivity contribution in [3.8, 4) is 5.75 Å². The molecule has 76 valence electrons. The zero-order chi connectivity index (χ0) is 10.4. The van der Waals surface area contributed by atoms with Crippen LogP contribution in [0.1, 0.15) is 12.5 Å². The van der Waals surface area contributed by atoms with Crippen LogP contribution in [0.2, 0.25) is 0 Å². The van der Waals surface area contributed by atoms with Crippen molar-refractivity contribution in [1.29, 1.82) is 0 Å². The van der Waals surface area contributed by atoms with Gasteiger partial charge in [-0.2, -0.15) is 5.48 Å². The highest BCUT2D eigenvalue weighted by Gasteiger charge is 2.02. The summed E-state index contributed by atoms with van der Waals surface area (Å²) in [6, 6.07) is 7.47. The topological polar surface area (TPSA) is 64.3 Å². The molecule has 0 atom stereocenters. The predicted octanol–water partition coefficient (Wildman–Crippen LogP) is 0.618. The molecule has 4 heteroatoms. The minimum absolute atomic E-state index is 0.229. The monoisotopic (exact) mass is 194 g/mol. The fourth-order valence-corrected chi connectivity index (χ4v) is 1.09. The van der Waals surface area contributed by atoms with Gasteiger partial charge in [0.1, 0.15) is 0 Å². The minimum atomic E-state index is -0.229. The summed E-state index contributed by atoms with van der Waals surface area (Å²) in [6.07, 6.45) is 0.732. The molecular formula is C10H14N2O2. The van der Waals surface area contributed by atoms with Crippen LogP contribution in [0, 0.1) is 0 Å². The van der Waals surface area contributed by atoms with Crippen LogP contribution in [0.5, 0.6) is 5.75 Å². The van der Waals surface area contributed by atoms with Gasteiger partial charge in [-0.05, 0) is 24.6 Å². The third kappa shape index (κ3) is 3.06. The quantitative estimate of drug-likeness (QED) is 0.690. The number of amides is 1. The van der Waals surface area contributed by atoms with Gasteiger partial charge >= 0.3 is 0 Å². The van der Waals surface area contributed by atoms with Gasteiger partial charge in [0.25, 0.3) is 0 Å². The van der Waals surface area contributed by atoms with Crippen LogP contribution in [0.3, 0.4) is 0 Å². The Labute approximate surface area is 83.0 Å². The molecule has 0 aliphatic rings. The SMILES string of the molecule is CC(=O)NOc1ccccc1CCN. The van der Waals surface area contributed by atoms with E-state index < -0.39 is 0 Å². The van der Waals surface area contributed by atoms with Crippen LogP contribution in [0.25, 0.3) is 0 Å². The first kappa shape index (κ1) is 10.5. The maximum atomic E-state index is 10.6. The van der Waals surface area contributed by atoms with Crippen LogP contribution in [0.15, 0.2) is 24.3 Å². The van der Waals surface area contributed by atoms with Gasteiger partial charge in [0.15, 0.2) is 5.75 Å². The molecule has 14 heavy (non-hydrogen) atoms. The normalized spacial score (nSPS) is 9.57. The highest BCUT2D eigenvalue weighted by atomic mass is 16.7. The number of carbonyl (C=O) groups is 1. The Balaban J connectivity index is 2.68. The summed E-state index contributed by atoms with van der Waals surface area (Å²) in [5, 5.41) is 0. The van der Waals surface area contributed by atoms with Crippen molar-refractivity contribution >= 4 is 5.91 Å². The first-order chi connectivity index (χ1) is 6.74. The van der Waals surface area contributed by atoms with Gasteiger partial charge in [0.05, 0.1) is 0 Å². The van der Waals surface area contributed by atoms with Crippen molar-refractivity contribution in [2.24, 2.45) is 5.73 Å². The Morgan fingerprint density at radius 3 is 2.86 bits per heavy atom. The average molecular weight is 194 g/mol. The van der Waals surface area contributed by atoms with E-state index in [1.165, 1.54) is 6.92 Å². The molecule has 1 aromatic carbocycles. The highest BCUT2D eigenvalue weighted by molar-refractivity contribution is 5.71. The lowest BCUT2D eigenvalue weighted by Crippen LogP contribution is -2.24. The largest absolute Gasteiger partial charge is 0.379 e. The number of hydroxylamine groups is 1. The third-order valence-electron chi connectivity index (χ3n) is 1.69. The van der Waals surface area contributed by atoms with Crippen molar-refractivity contribution in [1.82, 2.24) is 5.48 Å². The molecule has 0 spiro atoms. The lowest BCUT2D eigenvalue weighted by molar-refractivity contribution is -0.125. The van der Waals surface area contributed by atoms with E-state index in [0.29, 0.717) is 12.3 Å².